The van der Waals surface area contributed by atoms with Gasteiger partial charge in [0.1, 0.15) is 11.6 Å². The molecule has 0 aliphatic rings. The zero-order valence-electron chi connectivity index (χ0n) is 15.9. The molecule has 31 heavy (non-hydrogen) atoms. The van der Waals surface area contributed by atoms with Gasteiger partial charge in [0.2, 0.25) is 5.91 Å². The van der Waals surface area contributed by atoms with E-state index in [4.69, 9.17) is 0 Å². The van der Waals surface area contributed by atoms with Gasteiger partial charge in [0, 0.05) is 23.2 Å². The second-order valence-electron chi connectivity index (χ2n) is 6.24. The number of thioether (sulfide) groups is 1. The molecule has 0 bridgehead atoms. The molecule has 0 atom stereocenters. The third kappa shape index (κ3) is 6.54. The molecule has 3 rings (SSSR count). The van der Waals surface area contributed by atoms with E-state index in [1.807, 2.05) is 0 Å². The Bertz CT molecular complexity index is 1100. The van der Waals surface area contributed by atoms with Gasteiger partial charge in [-0.25, -0.2) is 14.4 Å². The van der Waals surface area contributed by atoms with E-state index in [2.05, 4.69) is 27.2 Å². The highest BCUT2D eigenvalue weighted by atomic mass is 32.2. The van der Waals surface area contributed by atoms with Gasteiger partial charge >= 0.3 is 6.18 Å². The van der Waals surface area contributed by atoms with Crippen LogP contribution < -0.4 is 10.6 Å². The smallest absolute Gasteiger partial charge is 0.340 e. The highest BCUT2D eigenvalue weighted by Crippen LogP contribution is 2.32. The summed E-state index contributed by atoms with van der Waals surface area (Å²) in [7, 11) is 0. The van der Waals surface area contributed by atoms with Crippen molar-refractivity contribution in [3.8, 4) is 0 Å². The zero-order chi connectivity index (χ0) is 22.4. The number of amides is 1. The lowest BCUT2D eigenvalue weighted by atomic mass is 10.2. The second kappa shape index (κ2) is 9.61. The Balaban J connectivity index is 1.84. The van der Waals surface area contributed by atoms with Crippen LogP contribution in [0.2, 0.25) is 0 Å². The number of carbonyl (C=O) groups excluding carboxylic acids is 1. The molecule has 3 aromatic rings. The molecule has 1 heterocycles. The van der Waals surface area contributed by atoms with Gasteiger partial charge in [-0.2, -0.15) is 13.2 Å². The minimum atomic E-state index is -4.67. The highest BCUT2D eigenvalue weighted by Gasteiger charge is 2.33. The van der Waals surface area contributed by atoms with Gasteiger partial charge in [0.15, 0.2) is 10.9 Å². The van der Waals surface area contributed by atoms with Crippen molar-refractivity contribution in [3.05, 3.63) is 84.3 Å². The van der Waals surface area contributed by atoms with Crippen LogP contribution in [0.5, 0.6) is 0 Å². The molecule has 0 spiro atoms. The number of halogens is 4. The molecule has 10 heteroatoms. The summed E-state index contributed by atoms with van der Waals surface area (Å²) in [6, 6.07) is 12.9. The van der Waals surface area contributed by atoms with Gasteiger partial charge in [-0.05, 0) is 42.0 Å². The molecule has 0 unspecified atom stereocenters. The normalized spacial score (nSPS) is 11.1. The highest BCUT2D eigenvalue weighted by molar-refractivity contribution is 7.98. The number of aromatic nitrogens is 2. The van der Waals surface area contributed by atoms with Crippen LogP contribution in [0.25, 0.3) is 0 Å². The first kappa shape index (κ1) is 22.3. The largest absolute Gasteiger partial charge is 0.433 e. The van der Waals surface area contributed by atoms with E-state index in [1.165, 1.54) is 24.3 Å². The van der Waals surface area contributed by atoms with Crippen LogP contribution in [-0.2, 0) is 16.7 Å². The average molecular weight is 448 g/mol. The number of hydrogen-bond acceptors (Lipinski definition) is 5. The number of benzene rings is 2. The fourth-order valence-corrected chi connectivity index (χ4v) is 3.29. The predicted octanol–water partition coefficient (Wildman–Crippen LogP) is 5.79. The number of hydrogen-bond donors (Lipinski definition) is 2. The van der Waals surface area contributed by atoms with Crippen molar-refractivity contribution < 1.29 is 22.4 Å². The first-order valence-electron chi connectivity index (χ1n) is 8.87. The summed E-state index contributed by atoms with van der Waals surface area (Å²) in [5.74, 6) is -0.735. The molecular formula is C21H16F4N4OS. The average Bonchev–Trinajstić information content (AvgIpc) is 2.72. The van der Waals surface area contributed by atoms with E-state index in [1.54, 1.807) is 24.3 Å². The van der Waals surface area contributed by atoms with Gasteiger partial charge in [-0.3, -0.25) is 4.79 Å². The van der Waals surface area contributed by atoms with Gasteiger partial charge in [-0.15, -0.1) is 0 Å². The van der Waals surface area contributed by atoms with E-state index in [0.29, 0.717) is 16.9 Å². The minimum Gasteiger partial charge on any atom is -0.340 e. The van der Waals surface area contributed by atoms with Crippen LogP contribution in [0.15, 0.2) is 72.4 Å². The van der Waals surface area contributed by atoms with Crippen LogP contribution in [0.4, 0.5) is 34.8 Å². The third-order valence-corrected chi connectivity index (χ3v) is 4.76. The molecule has 1 aromatic heterocycles. The molecule has 0 aliphatic carbocycles. The molecule has 5 nitrogen and oxygen atoms in total. The van der Waals surface area contributed by atoms with Crippen LogP contribution >= 0.6 is 11.8 Å². The van der Waals surface area contributed by atoms with E-state index < -0.39 is 23.6 Å². The van der Waals surface area contributed by atoms with Crippen molar-refractivity contribution in [1.29, 1.82) is 0 Å². The Labute approximate surface area is 179 Å². The fourth-order valence-electron chi connectivity index (χ4n) is 2.49. The lowest BCUT2D eigenvalue weighted by Crippen LogP contribution is -2.11. The second-order valence-corrected chi connectivity index (χ2v) is 7.18. The van der Waals surface area contributed by atoms with Crippen molar-refractivity contribution in [1.82, 2.24) is 9.97 Å². The zero-order valence-corrected chi connectivity index (χ0v) is 16.7. The fraction of sp³-hybridized carbons (Fsp3) is 0.0952. The van der Waals surface area contributed by atoms with Gasteiger partial charge in [0.05, 0.1) is 0 Å². The maximum atomic E-state index is 13.3. The molecule has 0 saturated heterocycles. The number of rotatable bonds is 7. The summed E-state index contributed by atoms with van der Waals surface area (Å²) in [5, 5.41) is 5.24. The molecule has 2 aromatic carbocycles. The Morgan fingerprint density at radius 3 is 2.52 bits per heavy atom. The van der Waals surface area contributed by atoms with Crippen molar-refractivity contribution in [2.24, 2.45) is 0 Å². The summed E-state index contributed by atoms with van der Waals surface area (Å²) >= 11 is 0.955. The van der Waals surface area contributed by atoms with E-state index >= 15 is 0 Å². The number of alkyl halides is 3. The van der Waals surface area contributed by atoms with Crippen molar-refractivity contribution in [3.63, 3.8) is 0 Å². The van der Waals surface area contributed by atoms with Crippen LogP contribution in [0, 0.1) is 5.82 Å². The molecule has 1 amide bonds. The van der Waals surface area contributed by atoms with Crippen molar-refractivity contribution in [2.45, 2.75) is 17.1 Å². The molecule has 0 fully saturated rings. The first-order valence-corrected chi connectivity index (χ1v) is 9.85. The van der Waals surface area contributed by atoms with E-state index in [9.17, 15) is 22.4 Å². The lowest BCUT2D eigenvalue weighted by Gasteiger charge is -2.12. The van der Waals surface area contributed by atoms with Gasteiger partial charge in [0.25, 0.3) is 0 Å². The summed E-state index contributed by atoms with van der Waals surface area (Å²) in [6.45, 7) is 3.36. The Hall–Kier alpha value is -3.40. The Kier molecular flexibility index (Phi) is 6.91. The first-order chi connectivity index (χ1) is 14.7. The van der Waals surface area contributed by atoms with Crippen LogP contribution in [0.3, 0.4) is 0 Å². The molecule has 160 valence electrons. The maximum absolute atomic E-state index is 13.3. The molecular weight excluding hydrogens is 432 g/mol. The summed E-state index contributed by atoms with van der Waals surface area (Å²) in [5.41, 5.74) is 0.324. The van der Waals surface area contributed by atoms with Gasteiger partial charge in [-0.1, -0.05) is 36.5 Å². The minimum absolute atomic E-state index is 0.0729. The Morgan fingerprint density at radius 2 is 1.81 bits per heavy atom. The number of carbonyl (C=O) groups is 1. The third-order valence-electron chi connectivity index (χ3n) is 3.84. The topological polar surface area (TPSA) is 66.9 Å². The van der Waals surface area contributed by atoms with Gasteiger partial charge < -0.3 is 10.6 Å². The van der Waals surface area contributed by atoms with E-state index in [0.717, 1.165) is 23.9 Å². The number of nitrogens with one attached hydrogen (secondary N) is 2. The Morgan fingerprint density at radius 1 is 1.06 bits per heavy atom. The SMILES string of the molecule is C=CC(=O)Nc1cccc(Nc2cc(C(F)(F)F)nc(SCc3cccc(F)c3)n2)c1. The number of nitrogens with zero attached hydrogens (tertiary/aromatic N) is 2. The maximum Gasteiger partial charge on any atom is 0.433 e. The quantitative estimate of drug-likeness (QED) is 0.207. The summed E-state index contributed by atoms with van der Waals surface area (Å²) in [6.07, 6.45) is -3.57. The van der Waals surface area contributed by atoms with Crippen LogP contribution in [0.1, 0.15) is 11.3 Å². The molecule has 0 aliphatic heterocycles. The lowest BCUT2D eigenvalue weighted by molar-refractivity contribution is -0.141. The molecule has 0 radical (unpaired) electrons. The predicted molar refractivity (Wildman–Crippen MR) is 112 cm³/mol. The molecule has 0 saturated carbocycles. The molecule has 2 N–H and O–H groups in total. The van der Waals surface area contributed by atoms with Crippen LogP contribution in [-0.4, -0.2) is 15.9 Å². The monoisotopic (exact) mass is 448 g/mol. The van der Waals surface area contributed by atoms with Crippen molar-refractivity contribution >= 4 is 34.9 Å². The summed E-state index contributed by atoms with van der Waals surface area (Å²) < 4.78 is 53.3. The standard InChI is InChI=1S/C21H16F4N4OS/c1-2-19(30)27-16-8-4-7-15(10-16)26-18-11-17(21(23,24)25)28-20(29-18)31-12-13-5-3-6-14(22)9-13/h2-11H,1,12H2,(H,27,30)(H,26,28,29). The summed E-state index contributed by atoms with van der Waals surface area (Å²) in [4.78, 5) is 19.1. The number of anilines is 3. The van der Waals surface area contributed by atoms with E-state index in [-0.39, 0.29) is 16.7 Å². The van der Waals surface area contributed by atoms with Crippen molar-refractivity contribution in [2.75, 3.05) is 10.6 Å².